The van der Waals surface area contributed by atoms with Gasteiger partial charge in [-0.25, -0.2) is 4.79 Å². The van der Waals surface area contributed by atoms with E-state index in [2.05, 4.69) is 46.9 Å². The Morgan fingerprint density at radius 3 is 1.23 bits per heavy atom. The van der Waals surface area contributed by atoms with E-state index in [9.17, 15) is 4.79 Å². The van der Waals surface area contributed by atoms with Crippen LogP contribution in [0.4, 0.5) is 4.79 Å². The van der Waals surface area contributed by atoms with Crippen LogP contribution in [0.5, 0.6) is 0 Å². The van der Waals surface area contributed by atoms with E-state index < -0.39 is 6.09 Å². The summed E-state index contributed by atoms with van der Waals surface area (Å²) in [7, 11) is 0. The van der Waals surface area contributed by atoms with E-state index in [-0.39, 0.29) is 17.8 Å². The van der Waals surface area contributed by atoms with E-state index in [1.807, 2.05) is 6.92 Å². The highest BCUT2D eigenvalue weighted by molar-refractivity contribution is 5.67. The normalized spacial score (nSPS) is 13.1. The lowest BCUT2D eigenvalue weighted by Crippen LogP contribution is -2.40. The fourth-order valence-electron chi connectivity index (χ4n) is 7.37. The fourth-order valence-corrected chi connectivity index (χ4v) is 7.37. The van der Waals surface area contributed by atoms with Crippen molar-refractivity contribution in [2.75, 3.05) is 33.0 Å². The summed E-state index contributed by atoms with van der Waals surface area (Å²) in [5, 5.41) is 2.93. The van der Waals surface area contributed by atoms with Gasteiger partial charge in [0, 0.05) is 26.4 Å². The monoisotopic (exact) mass is 796 g/mol. The molecule has 0 heterocycles. The van der Waals surface area contributed by atoms with Crippen LogP contribution in [-0.4, -0.2) is 56.9 Å². The van der Waals surface area contributed by atoms with Crippen molar-refractivity contribution in [2.45, 2.75) is 278 Å². The van der Waals surface area contributed by atoms with Gasteiger partial charge >= 0.3 is 6.09 Å². The van der Waals surface area contributed by atoms with Gasteiger partial charge in [-0.05, 0) is 46.0 Å². The molecule has 56 heavy (non-hydrogen) atoms. The van der Waals surface area contributed by atoms with Crippen LogP contribution in [0.15, 0.2) is 0 Å². The maximum atomic E-state index is 12.7. The lowest BCUT2D eigenvalue weighted by Gasteiger charge is -2.27. The average molecular weight is 796 g/mol. The maximum Gasteiger partial charge on any atom is 0.407 e. The Labute approximate surface area is 351 Å². The highest BCUT2D eigenvalue weighted by Crippen LogP contribution is 2.18. The molecule has 1 amide bonds. The van der Waals surface area contributed by atoms with Gasteiger partial charge in [0.25, 0.3) is 0 Å². The number of hydrogen-bond acceptors (Lipinski definition) is 5. The molecule has 0 aliphatic rings. The quantitative estimate of drug-likeness (QED) is 0.0622. The Bertz CT molecular complexity index is 789. The Hall–Kier alpha value is -0.850. The highest BCUT2D eigenvalue weighted by atomic mass is 16.6. The summed E-state index contributed by atoms with van der Waals surface area (Å²) in [5.41, 5.74) is -0.289. The van der Waals surface area contributed by atoms with Crippen molar-refractivity contribution >= 4 is 6.09 Å². The number of alkyl carbamates (subject to hydrolysis) is 1. The number of carbonyl (C=O) groups excluding carboxylic acids is 1. The molecule has 0 bridgehead atoms. The van der Waals surface area contributed by atoms with Gasteiger partial charge in [0.15, 0.2) is 0 Å². The van der Waals surface area contributed by atoms with Gasteiger partial charge in [-0.3, -0.25) is 0 Å². The zero-order valence-electron chi connectivity index (χ0n) is 39.1. The minimum Gasteiger partial charge on any atom is -0.444 e. The third-order valence-electron chi connectivity index (χ3n) is 11.4. The second-order valence-electron chi connectivity index (χ2n) is 18.3. The van der Waals surface area contributed by atoms with Crippen molar-refractivity contribution in [3.05, 3.63) is 0 Å². The van der Waals surface area contributed by atoms with E-state index in [1.165, 1.54) is 193 Å². The molecule has 0 aromatic heterocycles. The van der Waals surface area contributed by atoms with Gasteiger partial charge < -0.3 is 24.3 Å². The summed E-state index contributed by atoms with van der Waals surface area (Å²) in [6.45, 7) is 18.1. The molecule has 0 spiro atoms. The number of amides is 1. The molecule has 0 saturated heterocycles. The van der Waals surface area contributed by atoms with Crippen LogP contribution in [0.25, 0.3) is 0 Å². The van der Waals surface area contributed by atoms with Crippen molar-refractivity contribution in [1.29, 1.82) is 0 Å². The van der Waals surface area contributed by atoms with Gasteiger partial charge in [-0.1, -0.05) is 220 Å². The summed E-state index contributed by atoms with van der Waals surface area (Å²) >= 11 is 0. The van der Waals surface area contributed by atoms with Gasteiger partial charge in [-0.2, -0.15) is 0 Å². The lowest BCUT2D eigenvalue weighted by molar-refractivity contribution is -0.0780. The van der Waals surface area contributed by atoms with Gasteiger partial charge in [0.05, 0.1) is 12.2 Å². The van der Waals surface area contributed by atoms with Crippen LogP contribution in [0, 0.1) is 5.92 Å². The van der Waals surface area contributed by atoms with Crippen LogP contribution < -0.4 is 5.32 Å². The zero-order chi connectivity index (χ0) is 41.2. The van der Waals surface area contributed by atoms with E-state index in [1.54, 1.807) is 0 Å². The molecular formula is C50H101NO5. The summed E-state index contributed by atoms with van der Waals surface area (Å²) in [4.78, 5) is 12.7. The fraction of sp³-hybridized carbons (Fsp3) is 0.980. The molecule has 0 rings (SSSR count). The van der Waals surface area contributed by atoms with Crippen molar-refractivity contribution in [2.24, 2.45) is 5.92 Å². The largest absolute Gasteiger partial charge is 0.444 e. The van der Waals surface area contributed by atoms with Crippen molar-refractivity contribution < 1.29 is 23.7 Å². The summed E-state index contributed by atoms with van der Waals surface area (Å²) in [5.74, 6) is 0.482. The average Bonchev–Trinajstić information content (AvgIpc) is 3.16. The predicted octanol–water partition coefficient (Wildman–Crippen LogP) is 15.9. The number of unbranched alkanes of at least 4 members (excludes halogenated alkanes) is 30. The zero-order valence-corrected chi connectivity index (χ0v) is 39.1. The van der Waals surface area contributed by atoms with Crippen molar-refractivity contribution in [3.63, 3.8) is 0 Å². The van der Waals surface area contributed by atoms with Crippen LogP contribution in [0.1, 0.15) is 260 Å². The van der Waals surface area contributed by atoms with Gasteiger partial charge in [0.1, 0.15) is 12.2 Å². The predicted molar refractivity (Wildman–Crippen MR) is 243 cm³/mol. The molecule has 0 aromatic rings. The molecule has 2 atom stereocenters. The third kappa shape index (κ3) is 41.3. The Kier molecular flexibility index (Phi) is 41.6. The van der Waals surface area contributed by atoms with Gasteiger partial charge in [-0.15, -0.1) is 0 Å². The summed E-state index contributed by atoms with van der Waals surface area (Å²) in [6.07, 6.45) is 43.3. The molecule has 0 radical (unpaired) electrons. The van der Waals surface area contributed by atoms with Gasteiger partial charge in [0.2, 0.25) is 0 Å². The van der Waals surface area contributed by atoms with E-state index in [0.717, 1.165) is 25.9 Å². The Balaban J connectivity index is 4.25. The first-order valence-electron chi connectivity index (χ1n) is 25.0. The molecule has 0 saturated carbocycles. The van der Waals surface area contributed by atoms with Crippen molar-refractivity contribution in [1.82, 2.24) is 5.32 Å². The minimum absolute atomic E-state index is 0.260. The first kappa shape index (κ1) is 55.2. The Morgan fingerprint density at radius 1 is 0.500 bits per heavy atom. The number of rotatable bonds is 45. The van der Waals surface area contributed by atoms with E-state index >= 15 is 0 Å². The molecule has 0 aliphatic carbocycles. The number of ether oxygens (including phenoxy) is 4. The van der Waals surface area contributed by atoms with Crippen LogP contribution >= 0.6 is 0 Å². The van der Waals surface area contributed by atoms with E-state index in [4.69, 9.17) is 18.9 Å². The molecular weight excluding hydrogens is 695 g/mol. The highest BCUT2D eigenvalue weighted by Gasteiger charge is 2.23. The number of nitrogens with one attached hydrogen (secondary N) is 1. The van der Waals surface area contributed by atoms with E-state index in [0.29, 0.717) is 32.3 Å². The molecule has 0 fully saturated rings. The first-order valence-corrected chi connectivity index (χ1v) is 25.0. The minimum atomic E-state index is -0.397. The molecule has 2 unspecified atom stereocenters. The summed E-state index contributed by atoms with van der Waals surface area (Å²) in [6, 6.07) is 0. The third-order valence-corrected chi connectivity index (χ3v) is 11.4. The molecule has 1 N–H and O–H groups in total. The molecule has 0 aliphatic heterocycles. The Morgan fingerprint density at radius 2 is 0.857 bits per heavy atom. The molecule has 0 aromatic carbocycles. The van der Waals surface area contributed by atoms with Crippen LogP contribution in [-0.2, 0) is 18.9 Å². The first-order chi connectivity index (χ1) is 27.2. The number of hydrogen-bond donors (Lipinski definition) is 1. The van der Waals surface area contributed by atoms with Crippen molar-refractivity contribution in [3.8, 4) is 0 Å². The maximum absolute atomic E-state index is 12.7. The molecule has 6 nitrogen and oxygen atoms in total. The molecule has 6 heteroatoms. The SMILES string of the molecule is CCCCCCCCCCCCCCCCCCOCC(OCCCCCCCCCCCCCCCCCC)C(C)OC(=O)NCCC(C)(C)OCC(C)C. The summed E-state index contributed by atoms with van der Waals surface area (Å²) < 4.78 is 24.3. The smallest absolute Gasteiger partial charge is 0.407 e. The second kappa shape index (κ2) is 42.3. The molecule has 336 valence electrons. The second-order valence-corrected chi connectivity index (χ2v) is 18.3. The van der Waals surface area contributed by atoms with Crippen LogP contribution in [0.3, 0.4) is 0 Å². The van der Waals surface area contributed by atoms with Crippen LogP contribution in [0.2, 0.25) is 0 Å². The number of carbonyl (C=O) groups is 1. The lowest BCUT2D eigenvalue weighted by atomic mass is 10.0. The topological polar surface area (TPSA) is 66.0 Å². The standard InChI is InChI=1S/C50H101NO5/c1-8-10-12-14-16-18-20-22-24-26-28-30-32-34-36-38-42-53-45-48(47(5)56-49(52)51-41-40-50(6,7)55-44-46(3)4)54-43-39-37-35-33-31-29-27-25-23-21-19-17-15-13-11-9-2/h46-48H,8-45H2,1-7H3,(H,51,52).